The van der Waals surface area contributed by atoms with Crippen LogP contribution in [0.2, 0.25) is 5.02 Å². The van der Waals surface area contributed by atoms with E-state index in [0.29, 0.717) is 36.2 Å². The number of aromatic nitrogens is 1. The average molecular weight is 336 g/mol. The zero-order chi connectivity index (χ0) is 16.2. The van der Waals surface area contributed by atoms with Crippen molar-refractivity contribution in [2.75, 3.05) is 26.7 Å². The molecule has 0 bridgehead atoms. The summed E-state index contributed by atoms with van der Waals surface area (Å²) in [5.41, 5.74) is 1.30. The fourth-order valence-electron chi connectivity index (χ4n) is 2.73. The standard InChI is InChI=1S/C16H18ClN3O3/c1-22-10-13-8-14(19-23-13)16(21)20-6-5-18-9-15(20)11-3-2-4-12(17)7-11/h2-4,7-8,15,18H,5-6,9-10H2,1H3. The van der Waals surface area contributed by atoms with Crippen LogP contribution in [-0.4, -0.2) is 42.7 Å². The summed E-state index contributed by atoms with van der Waals surface area (Å²) in [6.07, 6.45) is 0. The third kappa shape index (κ3) is 3.55. The summed E-state index contributed by atoms with van der Waals surface area (Å²) in [4.78, 5) is 14.6. The van der Waals surface area contributed by atoms with Gasteiger partial charge in [-0.3, -0.25) is 4.79 Å². The van der Waals surface area contributed by atoms with Crippen molar-refractivity contribution in [2.24, 2.45) is 0 Å². The molecule has 23 heavy (non-hydrogen) atoms. The molecule has 6 nitrogen and oxygen atoms in total. The number of hydrogen-bond acceptors (Lipinski definition) is 5. The summed E-state index contributed by atoms with van der Waals surface area (Å²) in [5.74, 6) is 0.382. The Morgan fingerprint density at radius 1 is 1.52 bits per heavy atom. The van der Waals surface area contributed by atoms with E-state index >= 15 is 0 Å². The number of benzene rings is 1. The van der Waals surface area contributed by atoms with Gasteiger partial charge in [-0.25, -0.2) is 0 Å². The Morgan fingerprint density at radius 2 is 2.39 bits per heavy atom. The molecule has 1 saturated heterocycles. The second-order valence-corrected chi connectivity index (χ2v) is 5.82. The highest BCUT2D eigenvalue weighted by Crippen LogP contribution is 2.26. The number of methoxy groups -OCH3 is 1. The Morgan fingerprint density at radius 3 is 3.17 bits per heavy atom. The molecule has 7 heteroatoms. The molecule has 1 fully saturated rings. The van der Waals surface area contributed by atoms with Crippen molar-refractivity contribution in [3.05, 3.63) is 52.4 Å². The summed E-state index contributed by atoms with van der Waals surface area (Å²) in [7, 11) is 1.56. The van der Waals surface area contributed by atoms with Gasteiger partial charge in [-0.2, -0.15) is 0 Å². The fraction of sp³-hybridized carbons (Fsp3) is 0.375. The van der Waals surface area contributed by atoms with Crippen molar-refractivity contribution < 1.29 is 14.1 Å². The van der Waals surface area contributed by atoms with Gasteiger partial charge >= 0.3 is 0 Å². The van der Waals surface area contributed by atoms with Crippen LogP contribution in [0.4, 0.5) is 0 Å². The summed E-state index contributed by atoms with van der Waals surface area (Å²) < 4.78 is 10.1. The maximum atomic E-state index is 12.8. The molecule has 2 aromatic rings. The molecule has 1 aliphatic heterocycles. The van der Waals surface area contributed by atoms with Crippen LogP contribution in [0.5, 0.6) is 0 Å². The highest BCUT2D eigenvalue weighted by Gasteiger charge is 2.30. The lowest BCUT2D eigenvalue weighted by molar-refractivity contribution is 0.0623. The predicted octanol–water partition coefficient (Wildman–Crippen LogP) is 2.26. The number of piperazine rings is 1. The Bertz CT molecular complexity index is 689. The number of ether oxygens (including phenoxy) is 1. The lowest BCUT2D eigenvalue weighted by atomic mass is 10.0. The first-order valence-corrected chi connectivity index (χ1v) is 7.78. The molecule has 1 aliphatic rings. The third-order valence-electron chi connectivity index (χ3n) is 3.80. The minimum atomic E-state index is -0.150. The minimum absolute atomic E-state index is 0.0856. The van der Waals surface area contributed by atoms with Crippen molar-refractivity contribution in [1.29, 1.82) is 0 Å². The number of carbonyl (C=O) groups is 1. The van der Waals surface area contributed by atoms with E-state index in [9.17, 15) is 4.79 Å². The zero-order valence-corrected chi connectivity index (χ0v) is 13.5. The van der Waals surface area contributed by atoms with Crippen molar-refractivity contribution in [1.82, 2.24) is 15.4 Å². The molecular weight excluding hydrogens is 318 g/mol. The van der Waals surface area contributed by atoms with Crippen LogP contribution >= 0.6 is 11.6 Å². The second kappa shape index (κ2) is 7.12. The van der Waals surface area contributed by atoms with Crippen LogP contribution in [-0.2, 0) is 11.3 Å². The van der Waals surface area contributed by atoms with E-state index in [4.69, 9.17) is 20.9 Å². The van der Waals surface area contributed by atoms with E-state index in [1.807, 2.05) is 24.3 Å². The molecule has 0 radical (unpaired) electrons. The molecule has 1 aromatic heterocycles. The first-order valence-electron chi connectivity index (χ1n) is 7.40. The summed E-state index contributed by atoms with van der Waals surface area (Å²) >= 11 is 6.08. The molecule has 2 heterocycles. The van der Waals surface area contributed by atoms with E-state index in [0.717, 1.165) is 12.1 Å². The first kappa shape index (κ1) is 16.0. The number of rotatable bonds is 4. The Hall–Kier alpha value is -1.89. The zero-order valence-electron chi connectivity index (χ0n) is 12.8. The molecule has 1 N–H and O–H groups in total. The highest BCUT2D eigenvalue weighted by atomic mass is 35.5. The van der Waals surface area contributed by atoms with Gasteiger partial charge in [0.1, 0.15) is 6.61 Å². The first-order chi connectivity index (χ1) is 11.2. The fourth-order valence-corrected chi connectivity index (χ4v) is 2.93. The molecule has 3 rings (SSSR count). The topological polar surface area (TPSA) is 67.6 Å². The van der Waals surface area contributed by atoms with Crippen molar-refractivity contribution in [3.63, 3.8) is 0 Å². The number of carbonyl (C=O) groups excluding carboxylic acids is 1. The van der Waals surface area contributed by atoms with Gasteiger partial charge in [0.2, 0.25) is 0 Å². The van der Waals surface area contributed by atoms with Crippen LogP contribution in [0.3, 0.4) is 0 Å². The van der Waals surface area contributed by atoms with E-state index in [-0.39, 0.29) is 11.9 Å². The summed E-state index contributed by atoms with van der Waals surface area (Å²) in [6, 6.07) is 9.12. The number of nitrogens with one attached hydrogen (secondary N) is 1. The van der Waals surface area contributed by atoms with Crippen LogP contribution in [0.15, 0.2) is 34.9 Å². The summed E-state index contributed by atoms with van der Waals surface area (Å²) in [5, 5.41) is 7.83. The highest BCUT2D eigenvalue weighted by molar-refractivity contribution is 6.30. The van der Waals surface area contributed by atoms with Crippen molar-refractivity contribution in [3.8, 4) is 0 Å². The second-order valence-electron chi connectivity index (χ2n) is 5.38. The number of amides is 1. The molecule has 0 saturated carbocycles. The molecule has 1 unspecified atom stereocenters. The minimum Gasteiger partial charge on any atom is -0.377 e. The maximum Gasteiger partial charge on any atom is 0.276 e. The average Bonchev–Trinajstić information content (AvgIpc) is 3.03. The van der Waals surface area contributed by atoms with Crippen LogP contribution < -0.4 is 5.32 Å². The smallest absolute Gasteiger partial charge is 0.276 e. The normalized spacial score (nSPS) is 18.2. The Balaban J connectivity index is 1.84. The molecule has 0 aliphatic carbocycles. The van der Waals surface area contributed by atoms with E-state index < -0.39 is 0 Å². The SMILES string of the molecule is COCc1cc(C(=O)N2CCNCC2c2cccc(Cl)c2)no1. The van der Waals surface area contributed by atoms with Crippen LogP contribution in [0, 0.1) is 0 Å². The van der Waals surface area contributed by atoms with Crippen LogP contribution in [0.25, 0.3) is 0 Å². The molecule has 1 aromatic carbocycles. The van der Waals surface area contributed by atoms with Gasteiger partial charge in [0, 0.05) is 37.8 Å². The van der Waals surface area contributed by atoms with E-state index in [2.05, 4.69) is 10.5 Å². The molecule has 1 amide bonds. The summed E-state index contributed by atoms with van der Waals surface area (Å²) in [6.45, 7) is 2.31. The van der Waals surface area contributed by atoms with Crippen LogP contribution in [0.1, 0.15) is 27.9 Å². The van der Waals surface area contributed by atoms with Gasteiger partial charge in [-0.05, 0) is 17.7 Å². The quantitative estimate of drug-likeness (QED) is 0.928. The maximum absolute atomic E-state index is 12.8. The number of hydrogen-bond donors (Lipinski definition) is 1. The van der Waals surface area contributed by atoms with E-state index in [1.165, 1.54) is 0 Å². The lowest BCUT2D eigenvalue weighted by Crippen LogP contribution is -2.48. The number of halogens is 1. The molecule has 0 spiro atoms. The van der Waals surface area contributed by atoms with Gasteiger partial charge < -0.3 is 19.5 Å². The third-order valence-corrected chi connectivity index (χ3v) is 4.04. The molecule has 122 valence electrons. The lowest BCUT2D eigenvalue weighted by Gasteiger charge is -2.36. The monoisotopic (exact) mass is 335 g/mol. The Labute approximate surface area is 139 Å². The largest absolute Gasteiger partial charge is 0.377 e. The van der Waals surface area contributed by atoms with Gasteiger partial charge in [0.05, 0.1) is 6.04 Å². The van der Waals surface area contributed by atoms with Gasteiger partial charge in [-0.15, -0.1) is 0 Å². The van der Waals surface area contributed by atoms with Gasteiger partial charge in [0.15, 0.2) is 11.5 Å². The predicted molar refractivity (Wildman–Crippen MR) is 85.3 cm³/mol. The van der Waals surface area contributed by atoms with Crippen molar-refractivity contribution in [2.45, 2.75) is 12.6 Å². The van der Waals surface area contributed by atoms with Crippen molar-refractivity contribution >= 4 is 17.5 Å². The molecular formula is C16H18ClN3O3. The molecule has 1 atom stereocenters. The van der Waals surface area contributed by atoms with E-state index in [1.54, 1.807) is 18.1 Å². The number of nitrogens with zero attached hydrogens (tertiary/aromatic N) is 2. The van der Waals surface area contributed by atoms with Gasteiger partial charge in [-0.1, -0.05) is 28.9 Å². The van der Waals surface area contributed by atoms with Gasteiger partial charge in [0.25, 0.3) is 5.91 Å². The Kier molecular flexibility index (Phi) is 4.95.